The summed E-state index contributed by atoms with van der Waals surface area (Å²) >= 11 is 0. The van der Waals surface area contributed by atoms with Crippen LogP contribution in [-0.4, -0.2) is 21.9 Å². The Labute approximate surface area is 59.6 Å². The fraction of sp³-hybridized carbons (Fsp3) is 0.857. The first-order valence-electron chi connectivity index (χ1n) is 3.84. The van der Waals surface area contributed by atoms with Gasteiger partial charge in [-0.1, -0.05) is 19.4 Å². The van der Waals surface area contributed by atoms with E-state index < -0.39 is 0 Å². The summed E-state index contributed by atoms with van der Waals surface area (Å²) in [7, 11) is 0.149. The van der Waals surface area contributed by atoms with Crippen LogP contribution < -0.4 is 0 Å². The van der Waals surface area contributed by atoms with E-state index in [-0.39, 0.29) is 9.52 Å². The van der Waals surface area contributed by atoms with Crippen LogP contribution in [0.3, 0.4) is 0 Å². The van der Waals surface area contributed by atoms with Crippen LogP contribution in [0.15, 0.2) is 0 Å². The van der Waals surface area contributed by atoms with Crippen molar-refractivity contribution in [2.24, 2.45) is 0 Å². The highest BCUT2D eigenvalue weighted by molar-refractivity contribution is 6.37. The van der Waals surface area contributed by atoms with Gasteiger partial charge in [-0.3, -0.25) is 0 Å². The highest BCUT2D eigenvalue weighted by Crippen LogP contribution is 2.09. The first kappa shape index (κ1) is 7.29. The Morgan fingerprint density at radius 2 is 2.56 bits per heavy atom. The molecule has 0 saturated carbocycles. The molecule has 0 amide bonds. The van der Waals surface area contributed by atoms with Crippen molar-refractivity contribution < 1.29 is 4.74 Å². The van der Waals surface area contributed by atoms with Crippen molar-refractivity contribution in [1.29, 1.82) is 0 Å². The van der Waals surface area contributed by atoms with Gasteiger partial charge in [0.15, 0.2) is 0 Å². The van der Waals surface area contributed by atoms with Gasteiger partial charge in [-0.15, -0.1) is 0 Å². The molecule has 1 aliphatic heterocycles. The summed E-state index contributed by atoms with van der Waals surface area (Å²) in [4.78, 5) is 0. The maximum Gasteiger partial charge on any atom is 0.0556 e. The Morgan fingerprint density at radius 3 is 3.11 bits per heavy atom. The number of hydrogen-bond donors (Lipinski definition) is 0. The molecular weight excluding hydrogens is 128 g/mol. The molecule has 0 spiro atoms. The van der Waals surface area contributed by atoms with E-state index in [1.807, 2.05) is 0 Å². The fourth-order valence-corrected chi connectivity index (χ4v) is 3.12. The van der Waals surface area contributed by atoms with E-state index in [1.165, 1.54) is 18.9 Å². The van der Waals surface area contributed by atoms with Crippen LogP contribution in [0, 0.1) is 6.92 Å². The van der Waals surface area contributed by atoms with Crippen LogP contribution in [0.5, 0.6) is 0 Å². The van der Waals surface area contributed by atoms with Crippen LogP contribution in [0.1, 0.15) is 19.3 Å². The number of hydrogen-bond acceptors (Lipinski definition) is 1. The summed E-state index contributed by atoms with van der Waals surface area (Å²) in [6.07, 6.45) is 3.59. The van der Waals surface area contributed by atoms with Gasteiger partial charge in [-0.2, -0.15) is 0 Å². The minimum absolute atomic E-state index is 0.149. The van der Waals surface area contributed by atoms with Gasteiger partial charge in [0, 0.05) is 12.3 Å². The molecule has 0 aromatic heterocycles. The van der Waals surface area contributed by atoms with Crippen molar-refractivity contribution in [3.63, 3.8) is 0 Å². The standard InChI is InChI=1S/C7H15OSi/c1-2-4-7-8-5-3-6-9-7/h7H,1-6,9H2. The number of rotatable bonds is 2. The molecule has 0 bridgehead atoms. The lowest BCUT2D eigenvalue weighted by molar-refractivity contribution is 0.0893. The molecule has 1 aliphatic rings. The predicted molar refractivity (Wildman–Crippen MR) is 42.3 cm³/mol. The second-order valence-electron chi connectivity index (χ2n) is 2.63. The van der Waals surface area contributed by atoms with E-state index in [0.717, 1.165) is 13.0 Å². The van der Waals surface area contributed by atoms with Crippen molar-refractivity contribution >= 4 is 9.52 Å². The summed E-state index contributed by atoms with van der Waals surface area (Å²) < 4.78 is 5.54. The average Bonchev–Trinajstić information content (AvgIpc) is 1.91. The third kappa shape index (κ3) is 2.50. The van der Waals surface area contributed by atoms with E-state index in [1.54, 1.807) is 0 Å². The van der Waals surface area contributed by atoms with Gasteiger partial charge in [0.1, 0.15) is 0 Å². The first-order chi connectivity index (χ1) is 4.43. The normalized spacial score (nSPS) is 31.0. The highest BCUT2D eigenvalue weighted by Gasteiger charge is 2.11. The average molecular weight is 143 g/mol. The maximum atomic E-state index is 5.54. The van der Waals surface area contributed by atoms with Gasteiger partial charge in [-0.05, 0) is 12.8 Å². The van der Waals surface area contributed by atoms with Crippen molar-refractivity contribution in [2.75, 3.05) is 6.61 Å². The van der Waals surface area contributed by atoms with E-state index in [0.29, 0.717) is 5.73 Å². The Balaban J connectivity index is 2.08. The smallest absolute Gasteiger partial charge is 0.0556 e. The molecule has 0 aliphatic carbocycles. The zero-order valence-electron chi connectivity index (χ0n) is 5.94. The second kappa shape index (κ2) is 4.07. The van der Waals surface area contributed by atoms with Gasteiger partial charge >= 0.3 is 0 Å². The topological polar surface area (TPSA) is 9.23 Å². The second-order valence-corrected chi connectivity index (χ2v) is 4.83. The molecule has 1 unspecified atom stereocenters. The van der Waals surface area contributed by atoms with Gasteiger partial charge in [0.25, 0.3) is 0 Å². The van der Waals surface area contributed by atoms with E-state index in [9.17, 15) is 0 Å². The van der Waals surface area contributed by atoms with E-state index in [4.69, 9.17) is 4.74 Å². The molecule has 1 radical (unpaired) electrons. The molecule has 9 heavy (non-hydrogen) atoms. The summed E-state index contributed by atoms with van der Waals surface area (Å²) in [5.41, 5.74) is 0.677. The van der Waals surface area contributed by atoms with Crippen molar-refractivity contribution in [1.82, 2.24) is 0 Å². The molecule has 1 fully saturated rings. The molecule has 2 heteroatoms. The summed E-state index contributed by atoms with van der Waals surface area (Å²) in [6, 6.07) is 1.49. The van der Waals surface area contributed by atoms with Gasteiger partial charge in [0.05, 0.1) is 9.52 Å². The Kier molecular flexibility index (Phi) is 3.29. The largest absolute Gasteiger partial charge is 0.382 e. The third-order valence-electron chi connectivity index (χ3n) is 1.80. The third-order valence-corrected chi connectivity index (χ3v) is 4.00. The molecule has 1 nitrogen and oxygen atoms in total. The monoisotopic (exact) mass is 143 g/mol. The van der Waals surface area contributed by atoms with Crippen LogP contribution in [0.25, 0.3) is 0 Å². The van der Waals surface area contributed by atoms with E-state index >= 15 is 0 Å². The minimum atomic E-state index is 0.149. The first-order valence-corrected chi connectivity index (χ1v) is 5.66. The molecule has 1 heterocycles. The Bertz CT molecular complexity index is 66.6. The molecule has 1 rings (SSSR count). The lowest BCUT2D eigenvalue weighted by Crippen LogP contribution is -2.25. The lowest BCUT2D eigenvalue weighted by Gasteiger charge is -2.21. The predicted octanol–water partition coefficient (Wildman–Crippen LogP) is 0.934. The highest BCUT2D eigenvalue weighted by atomic mass is 28.2. The van der Waals surface area contributed by atoms with Crippen molar-refractivity contribution in [3.05, 3.63) is 6.92 Å². The van der Waals surface area contributed by atoms with Crippen LogP contribution in [0.2, 0.25) is 6.04 Å². The Hall–Kier alpha value is 0.177. The van der Waals surface area contributed by atoms with Gasteiger partial charge in [-0.25, -0.2) is 0 Å². The van der Waals surface area contributed by atoms with E-state index in [2.05, 4.69) is 6.92 Å². The Morgan fingerprint density at radius 1 is 1.67 bits per heavy atom. The molecule has 1 atom stereocenters. The maximum absolute atomic E-state index is 5.54. The van der Waals surface area contributed by atoms with Crippen molar-refractivity contribution in [3.8, 4) is 0 Å². The summed E-state index contributed by atoms with van der Waals surface area (Å²) in [5.74, 6) is 0. The van der Waals surface area contributed by atoms with Crippen LogP contribution >= 0.6 is 0 Å². The fourth-order valence-electron chi connectivity index (χ4n) is 1.26. The molecule has 1 saturated heterocycles. The van der Waals surface area contributed by atoms with Gasteiger partial charge < -0.3 is 4.74 Å². The quantitative estimate of drug-likeness (QED) is 0.523. The summed E-state index contributed by atoms with van der Waals surface area (Å²) in [6.45, 7) is 4.83. The van der Waals surface area contributed by atoms with Crippen LogP contribution in [0.4, 0.5) is 0 Å². The molecular formula is C7H15OSi. The molecule has 53 valence electrons. The molecule has 0 N–H and O–H groups in total. The SMILES string of the molecule is [CH2]CCC1OCCC[SiH2]1. The zero-order chi connectivity index (χ0) is 6.53. The minimum Gasteiger partial charge on any atom is -0.382 e. The number of ether oxygens (including phenoxy) is 1. The van der Waals surface area contributed by atoms with Gasteiger partial charge in [0.2, 0.25) is 0 Å². The van der Waals surface area contributed by atoms with Crippen LogP contribution in [-0.2, 0) is 4.74 Å². The lowest BCUT2D eigenvalue weighted by atomic mass is 10.3. The summed E-state index contributed by atoms with van der Waals surface area (Å²) in [5, 5.41) is 0. The molecule has 0 aromatic rings. The van der Waals surface area contributed by atoms with Crippen molar-refractivity contribution in [2.45, 2.75) is 31.0 Å². The zero-order valence-corrected chi connectivity index (χ0v) is 7.35. The molecule has 0 aromatic carbocycles.